The summed E-state index contributed by atoms with van der Waals surface area (Å²) in [5.41, 5.74) is 0. The minimum atomic E-state index is -2.23. The average molecular weight is 308 g/mol. The van der Waals surface area contributed by atoms with Crippen molar-refractivity contribution in [3.63, 3.8) is 0 Å². The first-order valence-electron chi connectivity index (χ1n) is 4.61. The summed E-state index contributed by atoms with van der Waals surface area (Å²) in [6.45, 7) is 0. The van der Waals surface area contributed by atoms with E-state index in [0.717, 1.165) is 17.3 Å². The first-order chi connectivity index (χ1) is 7.11. The molecule has 0 spiro atoms. The van der Waals surface area contributed by atoms with Gasteiger partial charge in [-0.15, -0.1) is 11.3 Å². The highest BCUT2D eigenvalue weighted by Crippen LogP contribution is 2.24. The van der Waals surface area contributed by atoms with Crippen LogP contribution in [0.4, 0.5) is 0 Å². The number of thiophene rings is 1. The molecule has 0 aromatic carbocycles. The molecule has 0 unspecified atom stereocenters. The van der Waals surface area contributed by atoms with Crippen LogP contribution in [-0.4, -0.2) is 21.6 Å². The third kappa shape index (κ3) is 2.49. The molecule has 1 saturated heterocycles. The van der Waals surface area contributed by atoms with E-state index in [-0.39, 0.29) is 5.91 Å². The standard InChI is InChI=1S/C9H10BrNO2S2/c10-7-3-4-14-8(7)9(12)11-15(13)5-1-2-6-15/h3-4H,1-2,5-6H2. The summed E-state index contributed by atoms with van der Waals surface area (Å²) < 4.78 is 16.6. The molecule has 0 N–H and O–H groups in total. The molecular formula is C9H10BrNO2S2. The molecule has 2 heterocycles. The van der Waals surface area contributed by atoms with E-state index >= 15 is 0 Å². The van der Waals surface area contributed by atoms with Crippen LogP contribution in [0.3, 0.4) is 0 Å². The van der Waals surface area contributed by atoms with Crippen molar-refractivity contribution in [3.05, 3.63) is 20.8 Å². The Balaban J connectivity index is 2.31. The van der Waals surface area contributed by atoms with Crippen molar-refractivity contribution in [2.45, 2.75) is 12.8 Å². The lowest BCUT2D eigenvalue weighted by molar-refractivity contribution is 0.101. The number of carbonyl (C=O) groups is 1. The van der Waals surface area contributed by atoms with Crippen LogP contribution in [0.25, 0.3) is 0 Å². The van der Waals surface area contributed by atoms with Crippen LogP contribution in [-0.2, 0) is 9.73 Å². The number of nitrogens with zero attached hydrogens (tertiary/aromatic N) is 1. The number of hydrogen-bond donors (Lipinski definition) is 0. The van der Waals surface area contributed by atoms with Crippen molar-refractivity contribution >= 4 is 42.9 Å². The van der Waals surface area contributed by atoms with Gasteiger partial charge in [-0.2, -0.15) is 4.36 Å². The predicted octanol–water partition coefficient (Wildman–Crippen LogP) is 2.91. The van der Waals surface area contributed by atoms with Crippen LogP contribution in [0, 0.1) is 0 Å². The summed E-state index contributed by atoms with van der Waals surface area (Å²) in [6.07, 6.45) is 1.84. The van der Waals surface area contributed by atoms with Gasteiger partial charge >= 0.3 is 0 Å². The Hall–Kier alpha value is -0.200. The number of hydrogen-bond acceptors (Lipinski definition) is 3. The van der Waals surface area contributed by atoms with Gasteiger partial charge in [-0.25, -0.2) is 4.21 Å². The lowest BCUT2D eigenvalue weighted by Gasteiger charge is -1.98. The van der Waals surface area contributed by atoms with Gasteiger partial charge in [0, 0.05) is 16.0 Å². The number of halogens is 1. The van der Waals surface area contributed by atoms with Gasteiger partial charge in [0.1, 0.15) is 4.88 Å². The minimum Gasteiger partial charge on any atom is -0.265 e. The summed E-state index contributed by atoms with van der Waals surface area (Å²) in [4.78, 5) is 12.3. The van der Waals surface area contributed by atoms with E-state index in [1.165, 1.54) is 11.3 Å². The summed E-state index contributed by atoms with van der Waals surface area (Å²) >= 11 is 4.59. The molecule has 15 heavy (non-hydrogen) atoms. The van der Waals surface area contributed by atoms with Crippen molar-refractivity contribution in [1.82, 2.24) is 0 Å². The molecule has 6 heteroatoms. The average Bonchev–Trinajstić information content (AvgIpc) is 2.74. The Kier molecular flexibility index (Phi) is 3.27. The Bertz CT molecular complexity index is 488. The third-order valence-corrected chi connectivity index (χ3v) is 6.41. The lowest BCUT2D eigenvalue weighted by Crippen LogP contribution is -2.05. The van der Waals surface area contributed by atoms with Crippen LogP contribution in [0.15, 0.2) is 20.3 Å². The van der Waals surface area contributed by atoms with Crippen LogP contribution < -0.4 is 0 Å². The van der Waals surface area contributed by atoms with Gasteiger partial charge in [0.15, 0.2) is 0 Å². The lowest BCUT2D eigenvalue weighted by atomic mass is 10.4. The van der Waals surface area contributed by atoms with Crippen LogP contribution in [0.1, 0.15) is 22.5 Å². The molecule has 0 aliphatic carbocycles. The Morgan fingerprint density at radius 2 is 2.13 bits per heavy atom. The highest BCUT2D eigenvalue weighted by Gasteiger charge is 2.20. The summed E-state index contributed by atoms with van der Waals surface area (Å²) in [5, 5.41) is 1.81. The maximum atomic E-state index is 12.0. The molecule has 0 saturated carbocycles. The molecule has 3 nitrogen and oxygen atoms in total. The topological polar surface area (TPSA) is 46.5 Å². The monoisotopic (exact) mass is 307 g/mol. The van der Waals surface area contributed by atoms with Gasteiger partial charge < -0.3 is 0 Å². The molecule has 0 bridgehead atoms. The van der Waals surface area contributed by atoms with Gasteiger partial charge in [0.25, 0.3) is 5.91 Å². The van der Waals surface area contributed by atoms with E-state index in [1.54, 1.807) is 6.07 Å². The fourth-order valence-electron chi connectivity index (χ4n) is 1.49. The van der Waals surface area contributed by atoms with Crippen molar-refractivity contribution < 1.29 is 9.00 Å². The zero-order chi connectivity index (χ0) is 10.9. The van der Waals surface area contributed by atoms with Gasteiger partial charge in [-0.3, -0.25) is 4.79 Å². The zero-order valence-corrected chi connectivity index (χ0v) is 11.2. The Labute approximate surface area is 101 Å². The summed E-state index contributed by atoms with van der Waals surface area (Å²) in [5.74, 6) is 0.799. The van der Waals surface area contributed by atoms with E-state index in [2.05, 4.69) is 20.3 Å². The second-order valence-electron chi connectivity index (χ2n) is 3.38. The fraction of sp³-hybridized carbons (Fsp3) is 0.444. The number of amides is 1. The molecular weight excluding hydrogens is 298 g/mol. The first-order valence-corrected chi connectivity index (χ1v) is 8.13. The van der Waals surface area contributed by atoms with Gasteiger partial charge in [0.2, 0.25) is 0 Å². The molecule has 1 fully saturated rings. The molecule has 0 atom stereocenters. The van der Waals surface area contributed by atoms with E-state index in [0.29, 0.717) is 16.4 Å². The molecule has 1 amide bonds. The quantitative estimate of drug-likeness (QED) is 0.801. The molecule has 0 radical (unpaired) electrons. The summed E-state index contributed by atoms with van der Waals surface area (Å²) in [6, 6.07) is 1.80. The van der Waals surface area contributed by atoms with Gasteiger partial charge in [-0.05, 0) is 40.2 Å². The fourth-order valence-corrected chi connectivity index (χ4v) is 5.06. The highest BCUT2D eigenvalue weighted by atomic mass is 79.9. The SMILES string of the molecule is O=C(N=S1(=O)CCCC1)c1sccc1Br. The number of carbonyl (C=O) groups excluding carboxylic acids is 1. The van der Waals surface area contributed by atoms with Crippen LogP contribution in [0.2, 0.25) is 0 Å². The smallest absolute Gasteiger partial charge is 0.265 e. The van der Waals surface area contributed by atoms with E-state index in [4.69, 9.17) is 0 Å². The molecule has 82 valence electrons. The minimum absolute atomic E-state index is 0.344. The normalized spacial score (nSPS) is 19.0. The molecule has 1 aliphatic heterocycles. The van der Waals surface area contributed by atoms with E-state index < -0.39 is 9.73 Å². The van der Waals surface area contributed by atoms with Gasteiger partial charge in [-0.1, -0.05) is 0 Å². The van der Waals surface area contributed by atoms with Crippen molar-refractivity contribution in [2.75, 3.05) is 11.5 Å². The molecule has 1 aromatic rings. The Morgan fingerprint density at radius 1 is 1.47 bits per heavy atom. The second kappa shape index (κ2) is 4.35. The largest absolute Gasteiger partial charge is 0.296 e. The molecule has 1 aliphatic rings. The third-order valence-electron chi connectivity index (χ3n) is 2.24. The number of rotatable bonds is 1. The predicted molar refractivity (Wildman–Crippen MR) is 65.9 cm³/mol. The Morgan fingerprint density at radius 3 is 2.67 bits per heavy atom. The highest BCUT2D eigenvalue weighted by molar-refractivity contribution is 9.10. The van der Waals surface area contributed by atoms with E-state index in [9.17, 15) is 9.00 Å². The van der Waals surface area contributed by atoms with Crippen LogP contribution >= 0.6 is 27.3 Å². The molecule has 2 rings (SSSR count). The first kappa shape index (κ1) is 11.3. The second-order valence-corrected chi connectivity index (χ2v) is 7.70. The van der Waals surface area contributed by atoms with Crippen molar-refractivity contribution in [3.8, 4) is 0 Å². The maximum Gasteiger partial charge on any atom is 0.296 e. The molecule has 1 aromatic heterocycles. The maximum absolute atomic E-state index is 12.0. The van der Waals surface area contributed by atoms with Crippen molar-refractivity contribution in [1.29, 1.82) is 0 Å². The van der Waals surface area contributed by atoms with Crippen molar-refractivity contribution in [2.24, 2.45) is 4.36 Å². The summed E-state index contributed by atoms with van der Waals surface area (Å²) in [7, 11) is -2.23. The van der Waals surface area contributed by atoms with Gasteiger partial charge in [0.05, 0.1) is 9.73 Å². The zero-order valence-electron chi connectivity index (χ0n) is 7.94. The van der Waals surface area contributed by atoms with E-state index in [1.807, 2.05) is 5.38 Å². The van der Waals surface area contributed by atoms with Crippen LogP contribution in [0.5, 0.6) is 0 Å².